The minimum absolute atomic E-state index is 0.0922. The van der Waals surface area contributed by atoms with Gasteiger partial charge in [0.1, 0.15) is 0 Å². The first kappa shape index (κ1) is 17.1. The van der Waals surface area contributed by atoms with Crippen LogP contribution in [0.25, 0.3) is 0 Å². The SMILES string of the molecule is CCCCOCCOCCO.Cc1ccccc1. The van der Waals surface area contributed by atoms with Gasteiger partial charge in [-0.2, -0.15) is 0 Å². The van der Waals surface area contributed by atoms with Crippen molar-refractivity contribution in [3.05, 3.63) is 35.9 Å². The summed E-state index contributed by atoms with van der Waals surface area (Å²) in [6.07, 6.45) is 2.28. The quantitative estimate of drug-likeness (QED) is 0.725. The summed E-state index contributed by atoms with van der Waals surface area (Å²) in [5.41, 5.74) is 1.32. The van der Waals surface area contributed by atoms with Crippen LogP contribution in [0.2, 0.25) is 0 Å². The van der Waals surface area contributed by atoms with Crippen LogP contribution in [0.3, 0.4) is 0 Å². The zero-order valence-corrected chi connectivity index (χ0v) is 11.6. The molecule has 0 atom stereocenters. The Balaban J connectivity index is 0.000000351. The van der Waals surface area contributed by atoms with Gasteiger partial charge in [-0.1, -0.05) is 49.2 Å². The second kappa shape index (κ2) is 14.2. The van der Waals surface area contributed by atoms with Gasteiger partial charge in [0.2, 0.25) is 0 Å². The van der Waals surface area contributed by atoms with Gasteiger partial charge in [0.15, 0.2) is 0 Å². The lowest BCUT2D eigenvalue weighted by molar-refractivity contribution is 0.0324. The molecule has 0 fully saturated rings. The summed E-state index contributed by atoms with van der Waals surface area (Å²) in [6, 6.07) is 10.3. The first-order valence-electron chi connectivity index (χ1n) is 6.59. The topological polar surface area (TPSA) is 38.7 Å². The van der Waals surface area contributed by atoms with Crippen molar-refractivity contribution in [2.24, 2.45) is 0 Å². The maximum atomic E-state index is 8.34. The van der Waals surface area contributed by atoms with Crippen LogP contribution in [-0.4, -0.2) is 38.1 Å². The summed E-state index contributed by atoms with van der Waals surface area (Å²) in [5.74, 6) is 0. The molecule has 0 aromatic heterocycles. The minimum atomic E-state index is 0.0922. The summed E-state index contributed by atoms with van der Waals surface area (Å²) < 4.78 is 10.2. The Morgan fingerprint density at radius 1 is 0.944 bits per heavy atom. The highest BCUT2D eigenvalue weighted by molar-refractivity contribution is 5.11. The molecule has 0 unspecified atom stereocenters. The standard InChI is InChI=1S/C8H18O3.C7H8/c1-2-3-5-10-7-8-11-6-4-9;1-7-5-3-2-4-6-7/h9H,2-8H2,1H3;2-6H,1H3. The number of rotatable bonds is 8. The molecule has 1 aromatic rings. The molecule has 1 aromatic carbocycles. The van der Waals surface area contributed by atoms with Gasteiger partial charge in [0.05, 0.1) is 26.4 Å². The summed E-state index contributed by atoms with van der Waals surface area (Å²) in [7, 11) is 0. The highest BCUT2D eigenvalue weighted by atomic mass is 16.5. The molecular weight excluding hydrogens is 228 g/mol. The van der Waals surface area contributed by atoms with Crippen molar-refractivity contribution in [1.82, 2.24) is 0 Å². The molecule has 0 aliphatic carbocycles. The highest BCUT2D eigenvalue weighted by Gasteiger charge is 1.87. The van der Waals surface area contributed by atoms with E-state index in [9.17, 15) is 0 Å². The Hall–Kier alpha value is -0.900. The molecule has 0 aliphatic heterocycles. The Morgan fingerprint density at radius 3 is 2.00 bits per heavy atom. The van der Waals surface area contributed by atoms with Gasteiger partial charge in [-0.15, -0.1) is 0 Å². The lowest BCUT2D eigenvalue weighted by Crippen LogP contribution is -2.07. The van der Waals surface area contributed by atoms with Crippen molar-refractivity contribution in [3.8, 4) is 0 Å². The monoisotopic (exact) mass is 254 g/mol. The van der Waals surface area contributed by atoms with Gasteiger partial charge in [-0.25, -0.2) is 0 Å². The van der Waals surface area contributed by atoms with Gasteiger partial charge in [0, 0.05) is 6.61 Å². The normalized spacial score (nSPS) is 9.72. The lowest BCUT2D eigenvalue weighted by atomic mass is 10.2. The Morgan fingerprint density at radius 2 is 1.56 bits per heavy atom. The molecule has 3 heteroatoms. The van der Waals surface area contributed by atoms with Crippen LogP contribution < -0.4 is 0 Å². The predicted molar refractivity (Wildman–Crippen MR) is 74.8 cm³/mol. The second-order valence-corrected chi connectivity index (χ2v) is 3.96. The van der Waals surface area contributed by atoms with Gasteiger partial charge in [0.25, 0.3) is 0 Å². The third kappa shape index (κ3) is 13.2. The third-order valence-electron chi connectivity index (χ3n) is 2.19. The second-order valence-electron chi connectivity index (χ2n) is 3.96. The van der Waals surface area contributed by atoms with Crippen LogP contribution >= 0.6 is 0 Å². The fourth-order valence-corrected chi connectivity index (χ4v) is 1.17. The van der Waals surface area contributed by atoms with E-state index in [1.165, 1.54) is 5.56 Å². The van der Waals surface area contributed by atoms with Crippen LogP contribution in [0.4, 0.5) is 0 Å². The van der Waals surface area contributed by atoms with Gasteiger partial charge in [-0.3, -0.25) is 0 Å². The average Bonchev–Trinajstić information content (AvgIpc) is 2.39. The smallest absolute Gasteiger partial charge is 0.0701 e. The van der Waals surface area contributed by atoms with Crippen molar-refractivity contribution in [1.29, 1.82) is 0 Å². The van der Waals surface area contributed by atoms with E-state index in [2.05, 4.69) is 26.0 Å². The molecule has 0 saturated carbocycles. The van der Waals surface area contributed by atoms with Gasteiger partial charge < -0.3 is 14.6 Å². The largest absolute Gasteiger partial charge is 0.394 e. The van der Waals surface area contributed by atoms with Crippen molar-refractivity contribution in [2.75, 3.05) is 33.0 Å². The van der Waals surface area contributed by atoms with Crippen LogP contribution in [-0.2, 0) is 9.47 Å². The molecular formula is C15H26O3. The summed E-state index contributed by atoms with van der Waals surface area (Å²) in [4.78, 5) is 0. The van der Waals surface area contributed by atoms with E-state index >= 15 is 0 Å². The lowest BCUT2D eigenvalue weighted by Gasteiger charge is -2.02. The number of unbranched alkanes of at least 4 members (excludes halogenated alkanes) is 1. The number of benzene rings is 1. The van der Waals surface area contributed by atoms with Crippen molar-refractivity contribution < 1.29 is 14.6 Å². The summed E-state index contributed by atoms with van der Waals surface area (Å²) in [5, 5.41) is 8.34. The zero-order valence-electron chi connectivity index (χ0n) is 11.6. The maximum absolute atomic E-state index is 8.34. The van der Waals surface area contributed by atoms with Crippen LogP contribution in [0, 0.1) is 6.92 Å². The van der Waals surface area contributed by atoms with Crippen molar-refractivity contribution in [2.45, 2.75) is 26.7 Å². The van der Waals surface area contributed by atoms with E-state index in [0.717, 1.165) is 19.4 Å². The number of aliphatic hydroxyl groups excluding tert-OH is 1. The minimum Gasteiger partial charge on any atom is -0.394 e. The number of ether oxygens (including phenoxy) is 2. The first-order chi connectivity index (χ1) is 8.81. The number of aryl methyl sites for hydroxylation is 1. The van der Waals surface area contributed by atoms with E-state index < -0.39 is 0 Å². The predicted octanol–water partition coefficient (Wildman–Crippen LogP) is 2.81. The Kier molecular flexibility index (Phi) is 13.5. The molecule has 1 N–H and O–H groups in total. The van der Waals surface area contributed by atoms with Crippen molar-refractivity contribution in [3.63, 3.8) is 0 Å². The van der Waals surface area contributed by atoms with E-state index in [4.69, 9.17) is 14.6 Å². The molecule has 3 nitrogen and oxygen atoms in total. The number of hydrogen-bond acceptors (Lipinski definition) is 3. The molecule has 1 rings (SSSR count). The molecule has 18 heavy (non-hydrogen) atoms. The molecule has 104 valence electrons. The fraction of sp³-hybridized carbons (Fsp3) is 0.600. The van der Waals surface area contributed by atoms with E-state index in [-0.39, 0.29) is 6.61 Å². The number of hydrogen-bond donors (Lipinski definition) is 1. The van der Waals surface area contributed by atoms with E-state index in [1.54, 1.807) is 0 Å². The Bertz CT molecular complexity index is 241. The van der Waals surface area contributed by atoms with Crippen LogP contribution in [0.5, 0.6) is 0 Å². The first-order valence-corrected chi connectivity index (χ1v) is 6.59. The molecule has 0 saturated heterocycles. The van der Waals surface area contributed by atoms with Gasteiger partial charge in [-0.05, 0) is 13.3 Å². The zero-order chi connectivity index (χ0) is 13.5. The third-order valence-corrected chi connectivity index (χ3v) is 2.19. The van der Waals surface area contributed by atoms with Crippen LogP contribution in [0.15, 0.2) is 30.3 Å². The molecule has 0 bridgehead atoms. The van der Waals surface area contributed by atoms with Crippen molar-refractivity contribution >= 4 is 0 Å². The van der Waals surface area contributed by atoms with E-state index in [0.29, 0.717) is 19.8 Å². The Labute approximate surface area is 111 Å². The fourth-order valence-electron chi connectivity index (χ4n) is 1.17. The maximum Gasteiger partial charge on any atom is 0.0701 e. The molecule has 0 spiro atoms. The number of aliphatic hydroxyl groups is 1. The average molecular weight is 254 g/mol. The van der Waals surface area contributed by atoms with E-state index in [1.807, 2.05) is 18.2 Å². The molecule has 0 aliphatic rings. The summed E-state index contributed by atoms with van der Waals surface area (Å²) >= 11 is 0. The summed E-state index contributed by atoms with van der Waals surface area (Å²) in [6.45, 7) is 6.76. The highest BCUT2D eigenvalue weighted by Crippen LogP contribution is 1.92. The molecule has 0 heterocycles. The molecule has 0 amide bonds. The van der Waals surface area contributed by atoms with Gasteiger partial charge >= 0.3 is 0 Å². The molecule has 0 radical (unpaired) electrons. The van der Waals surface area contributed by atoms with Crippen LogP contribution in [0.1, 0.15) is 25.3 Å².